The summed E-state index contributed by atoms with van der Waals surface area (Å²) >= 11 is 0. The van der Waals surface area contributed by atoms with E-state index < -0.39 is 0 Å². The summed E-state index contributed by atoms with van der Waals surface area (Å²) in [5, 5.41) is 2.67. The zero-order valence-electron chi connectivity index (χ0n) is 9.75. The monoisotopic (exact) mass is 198 g/mol. The minimum atomic E-state index is 0.282. The molecule has 0 fully saturated rings. The molecule has 0 saturated heterocycles. The SMILES string of the molecule is CCC(C)(C)c1ccc2ccccc2c1. The second-order valence-electron chi connectivity index (χ2n) is 4.80. The maximum absolute atomic E-state index is 2.32. The van der Waals surface area contributed by atoms with E-state index in [2.05, 4.69) is 63.2 Å². The van der Waals surface area contributed by atoms with Gasteiger partial charge in [-0.1, -0.05) is 63.2 Å². The van der Waals surface area contributed by atoms with Gasteiger partial charge < -0.3 is 0 Å². The molecule has 0 saturated carbocycles. The van der Waals surface area contributed by atoms with Gasteiger partial charge in [0.1, 0.15) is 0 Å². The maximum atomic E-state index is 2.32. The highest BCUT2D eigenvalue weighted by Crippen LogP contribution is 2.29. The van der Waals surface area contributed by atoms with Crippen LogP contribution in [0.25, 0.3) is 10.8 Å². The van der Waals surface area contributed by atoms with Crippen LogP contribution in [0.1, 0.15) is 32.8 Å². The second-order valence-corrected chi connectivity index (χ2v) is 4.80. The fourth-order valence-corrected chi connectivity index (χ4v) is 1.81. The van der Waals surface area contributed by atoms with Crippen LogP contribution in [0, 0.1) is 0 Å². The van der Waals surface area contributed by atoms with Crippen molar-refractivity contribution in [3.8, 4) is 0 Å². The van der Waals surface area contributed by atoms with Crippen LogP contribution >= 0.6 is 0 Å². The summed E-state index contributed by atoms with van der Waals surface area (Å²) in [4.78, 5) is 0. The smallest absolute Gasteiger partial charge is 0.0106 e. The van der Waals surface area contributed by atoms with Gasteiger partial charge in [-0.15, -0.1) is 0 Å². The fourth-order valence-electron chi connectivity index (χ4n) is 1.81. The van der Waals surface area contributed by atoms with Gasteiger partial charge >= 0.3 is 0 Å². The molecule has 0 aliphatic heterocycles. The third-order valence-electron chi connectivity index (χ3n) is 3.41. The van der Waals surface area contributed by atoms with Crippen molar-refractivity contribution in [1.29, 1.82) is 0 Å². The molecule has 0 aliphatic carbocycles. The Kier molecular flexibility index (Phi) is 2.52. The summed E-state index contributed by atoms with van der Waals surface area (Å²) in [5.74, 6) is 0. The molecular weight excluding hydrogens is 180 g/mol. The van der Waals surface area contributed by atoms with Gasteiger partial charge in [-0.05, 0) is 28.2 Å². The molecule has 15 heavy (non-hydrogen) atoms. The Morgan fingerprint density at radius 2 is 1.60 bits per heavy atom. The molecule has 0 N–H and O–H groups in total. The third kappa shape index (κ3) is 1.90. The first-order chi connectivity index (χ1) is 7.13. The summed E-state index contributed by atoms with van der Waals surface area (Å²) in [6, 6.07) is 15.3. The molecule has 0 atom stereocenters. The van der Waals surface area contributed by atoms with Crippen molar-refractivity contribution in [2.45, 2.75) is 32.6 Å². The molecule has 2 rings (SSSR count). The molecule has 2 aromatic rings. The summed E-state index contributed by atoms with van der Waals surface area (Å²) in [6.45, 7) is 6.85. The summed E-state index contributed by atoms with van der Waals surface area (Å²) in [6.07, 6.45) is 1.17. The largest absolute Gasteiger partial charge is 0.0646 e. The number of rotatable bonds is 2. The van der Waals surface area contributed by atoms with Gasteiger partial charge in [0.2, 0.25) is 0 Å². The van der Waals surface area contributed by atoms with E-state index in [-0.39, 0.29) is 5.41 Å². The molecule has 0 spiro atoms. The van der Waals surface area contributed by atoms with E-state index in [1.807, 2.05) is 0 Å². The van der Waals surface area contributed by atoms with Gasteiger partial charge in [-0.25, -0.2) is 0 Å². The first-order valence-corrected chi connectivity index (χ1v) is 5.63. The van der Waals surface area contributed by atoms with Gasteiger partial charge in [-0.3, -0.25) is 0 Å². The lowest BCUT2D eigenvalue weighted by atomic mass is 9.81. The van der Waals surface area contributed by atoms with Crippen LogP contribution in [0.4, 0.5) is 0 Å². The third-order valence-corrected chi connectivity index (χ3v) is 3.41. The van der Waals surface area contributed by atoms with Crippen molar-refractivity contribution in [2.75, 3.05) is 0 Å². The number of fused-ring (bicyclic) bond motifs is 1. The highest BCUT2D eigenvalue weighted by atomic mass is 14.2. The van der Waals surface area contributed by atoms with Crippen LogP contribution in [-0.2, 0) is 5.41 Å². The molecule has 2 aromatic carbocycles. The van der Waals surface area contributed by atoms with Crippen LogP contribution in [0.2, 0.25) is 0 Å². The number of hydrogen-bond acceptors (Lipinski definition) is 0. The molecule has 0 heterocycles. The standard InChI is InChI=1S/C15H18/c1-4-15(2,3)14-10-9-12-7-5-6-8-13(12)11-14/h5-11H,4H2,1-3H3. The lowest BCUT2D eigenvalue weighted by molar-refractivity contribution is 0.507. The molecule has 0 bridgehead atoms. The normalized spacial score (nSPS) is 11.9. The van der Waals surface area contributed by atoms with Crippen LogP contribution in [-0.4, -0.2) is 0 Å². The van der Waals surface area contributed by atoms with Crippen molar-refractivity contribution >= 4 is 10.8 Å². The number of hydrogen-bond donors (Lipinski definition) is 0. The first-order valence-electron chi connectivity index (χ1n) is 5.63. The van der Waals surface area contributed by atoms with Crippen LogP contribution in [0.15, 0.2) is 42.5 Å². The van der Waals surface area contributed by atoms with E-state index in [0.717, 1.165) is 0 Å². The Bertz CT molecular complexity index is 466. The fraction of sp³-hybridized carbons (Fsp3) is 0.333. The summed E-state index contributed by atoms with van der Waals surface area (Å²) in [5.41, 5.74) is 1.72. The Morgan fingerprint density at radius 1 is 0.933 bits per heavy atom. The minimum Gasteiger partial charge on any atom is -0.0646 e. The van der Waals surface area contributed by atoms with Crippen molar-refractivity contribution < 1.29 is 0 Å². The van der Waals surface area contributed by atoms with Gasteiger partial charge in [0.15, 0.2) is 0 Å². The average molecular weight is 198 g/mol. The Labute approximate surface area is 91.9 Å². The van der Waals surface area contributed by atoms with Crippen LogP contribution < -0.4 is 0 Å². The molecule has 0 unspecified atom stereocenters. The van der Waals surface area contributed by atoms with Crippen molar-refractivity contribution in [3.63, 3.8) is 0 Å². The van der Waals surface area contributed by atoms with Gasteiger partial charge in [0.25, 0.3) is 0 Å². The molecule has 78 valence electrons. The molecule has 0 aromatic heterocycles. The average Bonchev–Trinajstić information content (AvgIpc) is 2.28. The van der Waals surface area contributed by atoms with Crippen molar-refractivity contribution in [1.82, 2.24) is 0 Å². The Morgan fingerprint density at radius 3 is 2.27 bits per heavy atom. The second kappa shape index (κ2) is 3.69. The van der Waals surface area contributed by atoms with E-state index in [1.54, 1.807) is 0 Å². The maximum Gasteiger partial charge on any atom is -0.0106 e. The topological polar surface area (TPSA) is 0 Å². The van der Waals surface area contributed by atoms with E-state index in [4.69, 9.17) is 0 Å². The molecule has 0 aliphatic rings. The minimum absolute atomic E-state index is 0.282. The lowest BCUT2D eigenvalue weighted by Crippen LogP contribution is -2.14. The molecule has 0 nitrogen and oxygen atoms in total. The van der Waals surface area contributed by atoms with Crippen molar-refractivity contribution in [3.05, 3.63) is 48.0 Å². The van der Waals surface area contributed by atoms with E-state index in [0.29, 0.717) is 0 Å². The lowest BCUT2D eigenvalue weighted by Gasteiger charge is -2.23. The zero-order chi connectivity index (χ0) is 10.9. The highest BCUT2D eigenvalue weighted by Gasteiger charge is 2.17. The van der Waals surface area contributed by atoms with E-state index in [1.165, 1.54) is 22.8 Å². The summed E-state index contributed by atoms with van der Waals surface area (Å²) < 4.78 is 0. The highest BCUT2D eigenvalue weighted by molar-refractivity contribution is 5.83. The summed E-state index contributed by atoms with van der Waals surface area (Å²) in [7, 11) is 0. The van der Waals surface area contributed by atoms with E-state index in [9.17, 15) is 0 Å². The van der Waals surface area contributed by atoms with Crippen LogP contribution in [0.3, 0.4) is 0 Å². The number of benzene rings is 2. The zero-order valence-corrected chi connectivity index (χ0v) is 9.75. The van der Waals surface area contributed by atoms with Crippen molar-refractivity contribution in [2.24, 2.45) is 0 Å². The van der Waals surface area contributed by atoms with Crippen LogP contribution in [0.5, 0.6) is 0 Å². The van der Waals surface area contributed by atoms with Gasteiger partial charge in [-0.2, -0.15) is 0 Å². The van der Waals surface area contributed by atoms with Gasteiger partial charge in [0.05, 0.1) is 0 Å². The molecule has 0 heteroatoms. The molecular formula is C15H18. The van der Waals surface area contributed by atoms with Gasteiger partial charge in [0, 0.05) is 0 Å². The Balaban J connectivity index is 2.56. The Hall–Kier alpha value is -1.30. The predicted molar refractivity (Wildman–Crippen MR) is 67.3 cm³/mol. The van der Waals surface area contributed by atoms with E-state index >= 15 is 0 Å². The molecule has 0 radical (unpaired) electrons. The molecule has 0 amide bonds. The quantitative estimate of drug-likeness (QED) is 0.665. The predicted octanol–water partition coefficient (Wildman–Crippen LogP) is 4.53. The first kappa shape index (κ1) is 10.2.